The van der Waals surface area contributed by atoms with E-state index in [4.69, 9.17) is 15.2 Å². The Morgan fingerprint density at radius 3 is 2.67 bits per heavy atom. The van der Waals surface area contributed by atoms with Gasteiger partial charge in [0.2, 0.25) is 0 Å². The fourth-order valence-electron chi connectivity index (χ4n) is 12.5. The third-order valence-electron chi connectivity index (χ3n) is 15.8. The monoisotopic (exact) mass is 836 g/mol. The summed E-state index contributed by atoms with van der Waals surface area (Å²) in [5, 5.41) is 14.2. The van der Waals surface area contributed by atoms with Crippen molar-refractivity contribution < 1.29 is 44.8 Å². The van der Waals surface area contributed by atoms with Crippen LogP contribution in [0.5, 0.6) is 0 Å². The molecule has 0 aromatic rings. The molecular formula is C48H81N7O5+4. The van der Waals surface area contributed by atoms with Crippen molar-refractivity contribution in [1.29, 1.82) is 0 Å². The highest BCUT2D eigenvalue weighted by Crippen LogP contribution is 2.62. The molecule has 7 aliphatic rings. The molecule has 12 heteroatoms. The van der Waals surface area contributed by atoms with Crippen LogP contribution in [0.15, 0.2) is 35.5 Å². The number of esters is 1. The van der Waals surface area contributed by atoms with E-state index < -0.39 is 29.0 Å². The average Bonchev–Trinajstić information content (AvgIpc) is 3.97. The molecule has 0 radical (unpaired) electrons. The predicted molar refractivity (Wildman–Crippen MR) is 232 cm³/mol. The maximum absolute atomic E-state index is 15.1. The quantitative estimate of drug-likeness (QED) is 0.0209. The SMILES string of the molecule is C[NH+]=C(N)NC(CC(C)=CCC12OC1(C(=O)OCC1CC3CCC=CC3=CC1[NH2+]CC1CCCCC1)C(=O)C1C(CC(C)C)CCCC1C2=O)C1CC[NH2+]C(NC[NH2+]C)C1. The molecule has 2 heterocycles. The molecule has 0 spiro atoms. The van der Waals surface area contributed by atoms with Crippen molar-refractivity contribution in [2.75, 3.05) is 40.5 Å². The predicted octanol–water partition coefficient (Wildman–Crippen LogP) is 0.442. The van der Waals surface area contributed by atoms with E-state index in [-0.39, 0.29) is 48.5 Å². The van der Waals surface area contributed by atoms with E-state index in [1.807, 2.05) is 7.05 Å². The molecule has 12 nitrogen and oxygen atoms in total. The van der Waals surface area contributed by atoms with Crippen molar-refractivity contribution in [2.45, 2.75) is 153 Å². The largest absolute Gasteiger partial charge is 0.463 e. The van der Waals surface area contributed by atoms with Crippen LogP contribution in [-0.4, -0.2) is 93.4 Å². The second-order valence-corrected chi connectivity index (χ2v) is 20.4. The lowest BCUT2D eigenvalue weighted by atomic mass is 9.57. The molecule has 2 saturated heterocycles. The number of nitrogens with one attached hydrogen (secondary N) is 3. The number of hydrogen-bond acceptors (Lipinski definition) is 6. The Morgan fingerprint density at radius 2 is 1.90 bits per heavy atom. The van der Waals surface area contributed by atoms with Crippen LogP contribution >= 0.6 is 0 Å². The van der Waals surface area contributed by atoms with Crippen molar-refractivity contribution in [3.63, 3.8) is 0 Å². The first-order chi connectivity index (χ1) is 29.0. The normalized spacial score (nSPS) is 36.5. The summed E-state index contributed by atoms with van der Waals surface area (Å²) in [6.45, 7) is 9.66. The van der Waals surface area contributed by atoms with Gasteiger partial charge in [-0.05, 0) is 87.7 Å². The summed E-state index contributed by atoms with van der Waals surface area (Å²) < 4.78 is 12.9. The summed E-state index contributed by atoms with van der Waals surface area (Å²) in [6, 6.07) is 0.276. The fraction of sp³-hybridized carbons (Fsp3) is 0.792. The standard InChI is InChI=1S/C48H77N7O5/c1-30(2)22-36-16-11-17-38-42(36)44(57)48(45(58)59-28-37-24-33-14-9-10-15-34(33)25-39(37)53-27-32-12-7-6-8-13-32)47(60-48,43(38)56)20-18-31(3)23-40(55-46(49)51-5)35-19-21-52-41(26-35)54-29-50-4/h10,15,18,25,30,32-33,35-42,50,52-54H,6-9,11-14,16-17,19-24,26-29H2,1-5H3,(H3,49,51,55)/p+4. The van der Waals surface area contributed by atoms with E-state index in [2.05, 4.69) is 83.7 Å². The number of ether oxygens (including phenoxy) is 2. The van der Waals surface area contributed by atoms with Crippen molar-refractivity contribution in [1.82, 2.24) is 10.6 Å². The second-order valence-electron chi connectivity index (χ2n) is 20.4. The minimum atomic E-state index is -1.88. The van der Waals surface area contributed by atoms with E-state index in [0.717, 1.165) is 82.6 Å². The molecular weight excluding hydrogens is 755 g/mol. The number of carbonyl (C=O) groups excluding carboxylic acids is 3. The lowest BCUT2D eigenvalue weighted by Gasteiger charge is -2.42. The number of guanidine groups is 1. The van der Waals surface area contributed by atoms with Gasteiger partial charge in [0.25, 0.3) is 5.60 Å². The van der Waals surface area contributed by atoms with Gasteiger partial charge in [0.1, 0.15) is 25.5 Å². The van der Waals surface area contributed by atoms with E-state index in [1.165, 1.54) is 37.7 Å². The number of piperidine rings is 1. The van der Waals surface area contributed by atoms with Gasteiger partial charge in [-0.2, -0.15) is 0 Å². The molecule has 60 heavy (non-hydrogen) atoms. The molecule has 11 atom stereocenters. The van der Waals surface area contributed by atoms with Gasteiger partial charge in [0.05, 0.1) is 33.2 Å². The van der Waals surface area contributed by atoms with Crippen molar-refractivity contribution in [2.24, 2.45) is 53.1 Å². The van der Waals surface area contributed by atoms with Gasteiger partial charge in [-0.15, -0.1) is 0 Å². The van der Waals surface area contributed by atoms with E-state index >= 15 is 4.79 Å². The van der Waals surface area contributed by atoms with Crippen LogP contribution in [0.2, 0.25) is 0 Å². The summed E-state index contributed by atoms with van der Waals surface area (Å²) >= 11 is 0. The van der Waals surface area contributed by atoms with Crippen molar-refractivity contribution in [3.05, 3.63) is 35.5 Å². The zero-order chi connectivity index (χ0) is 42.4. The number of epoxide rings is 1. The van der Waals surface area contributed by atoms with E-state index in [9.17, 15) is 9.59 Å². The molecule has 0 aromatic heterocycles. The Hall–Kier alpha value is -2.90. The Bertz CT molecular complexity index is 1650. The smallest absolute Gasteiger partial charge is 0.350 e. The van der Waals surface area contributed by atoms with Crippen LogP contribution in [0.3, 0.4) is 0 Å². The fourth-order valence-corrected chi connectivity index (χ4v) is 12.5. The summed E-state index contributed by atoms with van der Waals surface area (Å²) in [5.41, 5.74) is 5.44. The number of hydrogen-bond donors (Lipinski definition) is 7. The summed E-state index contributed by atoms with van der Waals surface area (Å²) in [6.07, 6.45) is 25.4. The van der Waals surface area contributed by atoms with Crippen molar-refractivity contribution in [3.8, 4) is 0 Å². The highest BCUT2D eigenvalue weighted by atomic mass is 16.7. The number of ketones is 2. The number of allylic oxidation sites excluding steroid dienone is 3. The van der Waals surface area contributed by atoms with Gasteiger partial charge in [-0.1, -0.05) is 63.3 Å². The Labute approximate surface area is 359 Å². The summed E-state index contributed by atoms with van der Waals surface area (Å²) in [7, 11) is 3.89. The zero-order valence-corrected chi connectivity index (χ0v) is 37.7. The number of nitrogens with two attached hydrogens (primary N) is 4. The first kappa shape index (κ1) is 45.1. The molecule has 7 rings (SSSR count). The van der Waals surface area contributed by atoms with Gasteiger partial charge >= 0.3 is 11.9 Å². The molecule has 334 valence electrons. The lowest BCUT2D eigenvalue weighted by molar-refractivity contribution is -0.717. The van der Waals surface area contributed by atoms with Crippen LogP contribution in [-0.2, 0) is 23.9 Å². The number of Topliss-reactive ketones (excluding diaryl/α,β-unsaturated/α-hetero) is 2. The Balaban J connectivity index is 1.12. The van der Waals surface area contributed by atoms with E-state index in [1.54, 1.807) is 0 Å². The first-order valence-electron chi connectivity index (χ1n) is 24.2. The van der Waals surface area contributed by atoms with Crippen LogP contribution in [0, 0.1) is 47.3 Å². The number of rotatable bonds is 17. The topological polar surface area (TPSA) is 187 Å². The molecule has 2 aliphatic heterocycles. The number of fused-ring (bicyclic) bond motifs is 3. The molecule has 11 unspecified atom stereocenters. The molecule has 0 amide bonds. The molecule has 3 saturated carbocycles. The Morgan fingerprint density at radius 1 is 1.08 bits per heavy atom. The minimum absolute atomic E-state index is 0.0615. The summed E-state index contributed by atoms with van der Waals surface area (Å²) in [4.78, 5) is 48.0. The highest BCUT2D eigenvalue weighted by Gasteiger charge is 2.87. The van der Waals surface area contributed by atoms with Gasteiger partial charge in [0, 0.05) is 55.3 Å². The first-order valence-corrected chi connectivity index (χ1v) is 24.2. The third-order valence-corrected chi connectivity index (χ3v) is 15.8. The van der Waals surface area contributed by atoms with Crippen LogP contribution in [0.4, 0.5) is 0 Å². The lowest BCUT2D eigenvalue weighted by Crippen LogP contribution is -2.98. The van der Waals surface area contributed by atoms with E-state index in [0.29, 0.717) is 42.7 Å². The zero-order valence-electron chi connectivity index (χ0n) is 37.7. The maximum Gasteiger partial charge on any atom is 0.350 e. The Kier molecular flexibility index (Phi) is 15.1. The van der Waals surface area contributed by atoms with Crippen molar-refractivity contribution >= 4 is 23.5 Å². The molecule has 11 N–H and O–H groups in total. The van der Waals surface area contributed by atoms with Gasteiger partial charge in [-0.25, -0.2) is 10.1 Å². The number of quaternary nitrogens is 3. The van der Waals surface area contributed by atoms with Gasteiger partial charge in [-0.3, -0.25) is 25.6 Å². The average molecular weight is 836 g/mol. The minimum Gasteiger partial charge on any atom is -0.463 e. The van der Waals surface area contributed by atoms with Gasteiger partial charge < -0.3 is 25.4 Å². The molecule has 0 bridgehead atoms. The summed E-state index contributed by atoms with van der Waals surface area (Å²) in [5.74, 6) is 0.848. The van der Waals surface area contributed by atoms with Gasteiger partial charge in [0.15, 0.2) is 17.2 Å². The van der Waals surface area contributed by atoms with Crippen LogP contribution in [0.25, 0.3) is 0 Å². The van der Waals surface area contributed by atoms with Crippen LogP contribution < -0.4 is 37.3 Å². The molecule has 5 aliphatic carbocycles. The molecule has 0 aromatic carbocycles. The molecule has 5 fully saturated rings. The number of carbonyl (C=O) groups is 3. The van der Waals surface area contributed by atoms with Crippen LogP contribution in [0.1, 0.15) is 124 Å². The highest BCUT2D eigenvalue weighted by molar-refractivity contribution is 6.23. The second kappa shape index (κ2) is 20.1. The third kappa shape index (κ3) is 9.68. The maximum atomic E-state index is 15.1.